The Kier molecular flexibility index (Phi) is 4.62. The molecular formula is C16H13FN2O2. The standard InChI is InChI=1S/C16H13FN2O2/c1-2-21-13-6-3-11(4-7-13)16(20)14(9-18)15-8-5-12(17)10-19-15/h3-8,10,14H,2H2,1H3/t14-/m0/s1. The van der Waals surface area contributed by atoms with Gasteiger partial charge in [0.05, 0.1) is 24.6 Å². The predicted octanol–water partition coefficient (Wildman–Crippen LogP) is 3.11. The summed E-state index contributed by atoms with van der Waals surface area (Å²) in [5.74, 6) is -1.28. The lowest BCUT2D eigenvalue weighted by atomic mass is 9.95. The molecule has 1 atom stereocenters. The van der Waals surface area contributed by atoms with Gasteiger partial charge in [-0.15, -0.1) is 0 Å². The summed E-state index contributed by atoms with van der Waals surface area (Å²) in [5.41, 5.74) is 0.619. The number of nitriles is 1. The highest BCUT2D eigenvalue weighted by molar-refractivity contribution is 6.02. The van der Waals surface area contributed by atoms with Gasteiger partial charge in [0.15, 0.2) is 11.7 Å². The molecule has 0 aliphatic carbocycles. The average Bonchev–Trinajstić information content (AvgIpc) is 2.51. The van der Waals surface area contributed by atoms with Crippen molar-refractivity contribution in [3.8, 4) is 11.8 Å². The minimum atomic E-state index is -1.05. The Morgan fingerprint density at radius 1 is 1.33 bits per heavy atom. The van der Waals surface area contributed by atoms with Gasteiger partial charge in [0.2, 0.25) is 0 Å². The van der Waals surface area contributed by atoms with Crippen LogP contribution in [-0.2, 0) is 0 Å². The van der Waals surface area contributed by atoms with Crippen molar-refractivity contribution in [1.29, 1.82) is 5.26 Å². The quantitative estimate of drug-likeness (QED) is 0.791. The van der Waals surface area contributed by atoms with Gasteiger partial charge in [-0.1, -0.05) is 0 Å². The van der Waals surface area contributed by atoms with Crippen LogP contribution in [0, 0.1) is 17.1 Å². The molecule has 0 aliphatic rings. The van der Waals surface area contributed by atoms with Gasteiger partial charge in [-0.05, 0) is 43.3 Å². The molecule has 106 valence electrons. The van der Waals surface area contributed by atoms with Gasteiger partial charge in [0.25, 0.3) is 0 Å². The molecule has 0 N–H and O–H groups in total. The average molecular weight is 284 g/mol. The van der Waals surface area contributed by atoms with Crippen LogP contribution in [-0.4, -0.2) is 17.4 Å². The zero-order valence-electron chi connectivity index (χ0n) is 11.4. The molecule has 2 rings (SSSR count). The first-order valence-corrected chi connectivity index (χ1v) is 6.44. The maximum absolute atomic E-state index is 12.9. The maximum atomic E-state index is 12.9. The van der Waals surface area contributed by atoms with Gasteiger partial charge in [-0.2, -0.15) is 5.26 Å². The Morgan fingerprint density at radius 3 is 2.57 bits per heavy atom. The van der Waals surface area contributed by atoms with Crippen LogP contribution in [0.2, 0.25) is 0 Å². The molecule has 21 heavy (non-hydrogen) atoms. The third kappa shape index (κ3) is 3.42. The van der Waals surface area contributed by atoms with Crippen molar-refractivity contribution in [2.45, 2.75) is 12.8 Å². The van der Waals surface area contributed by atoms with E-state index >= 15 is 0 Å². The highest BCUT2D eigenvalue weighted by Crippen LogP contribution is 2.21. The molecule has 0 radical (unpaired) electrons. The number of ketones is 1. The lowest BCUT2D eigenvalue weighted by molar-refractivity contribution is 0.0977. The SMILES string of the molecule is CCOc1ccc(C(=O)[C@@H](C#N)c2ccc(F)cn2)cc1. The Balaban J connectivity index is 2.24. The largest absolute Gasteiger partial charge is 0.494 e. The summed E-state index contributed by atoms with van der Waals surface area (Å²) < 4.78 is 18.1. The molecule has 1 aromatic heterocycles. The van der Waals surface area contributed by atoms with E-state index < -0.39 is 11.7 Å². The van der Waals surface area contributed by atoms with E-state index in [1.165, 1.54) is 12.1 Å². The topological polar surface area (TPSA) is 63.0 Å². The van der Waals surface area contributed by atoms with E-state index in [0.717, 1.165) is 6.20 Å². The van der Waals surface area contributed by atoms with E-state index in [9.17, 15) is 14.4 Å². The molecule has 4 nitrogen and oxygen atoms in total. The summed E-state index contributed by atoms with van der Waals surface area (Å²) >= 11 is 0. The van der Waals surface area contributed by atoms with E-state index in [-0.39, 0.29) is 11.5 Å². The lowest BCUT2D eigenvalue weighted by Gasteiger charge is -2.08. The second kappa shape index (κ2) is 6.62. The molecule has 0 bridgehead atoms. The number of hydrogen-bond donors (Lipinski definition) is 0. The first kappa shape index (κ1) is 14.7. The van der Waals surface area contributed by atoms with E-state index in [0.29, 0.717) is 17.9 Å². The highest BCUT2D eigenvalue weighted by atomic mass is 19.1. The van der Waals surface area contributed by atoms with Crippen molar-refractivity contribution in [3.05, 3.63) is 59.7 Å². The van der Waals surface area contributed by atoms with Crippen LogP contribution in [0.5, 0.6) is 5.75 Å². The van der Waals surface area contributed by atoms with Crippen LogP contribution in [0.1, 0.15) is 28.9 Å². The van der Waals surface area contributed by atoms with Crippen LogP contribution in [0.3, 0.4) is 0 Å². The summed E-state index contributed by atoms with van der Waals surface area (Å²) in [4.78, 5) is 16.1. The molecule has 0 saturated carbocycles. The van der Waals surface area contributed by atoms with Crippen molar-refractivity contribution in [1.82, 2.24) is 4.98 Å². The number of carbonyl (C=O) groups excluding carboxylic acids is 1. The third-order valence-electron chi connectivity index (χ3n) is 2.89. The Morgan fingerprint density at radius 2 is 2.05 bits per heavy atom. The molecule has 5 heteroatoms. The van der Waals surface area contributed by atoms with Crippen LogP contribution >= 0.6 is 0 Å². The highest BCUT2D eigenvalue weighted by Gasteiger charge is 2.23. The molecule has 2 aromatic rings. The number of aromatic nitrogens is 1. The number of pyridine rings is 1. The number of Topliss-reactive ketones (excluding diaryl/α,β-unsaturated/α-hetero) is 1. The van der Waals surface area contributed by atoms with Crippen molar-refractivity contribution >= 4 is 5.78 Å². The predicted molar refractivity (Wildman–Crippen MR) is 74.5 cm³/mol. The van der Waals surface area contributed by atoms with Crippen LogP contribution in [0.4, 0.5) is 4.39 Å². The normalized spacial score (nSPS) is 11.5. The van der Waals surface area contributed by atoms with E-state index in [1.54, 1.807) is 24.3 Å². The minimum absolute atomic E-state index is 0.234. The fourth-order valence-electron chi connectivity index (χ4n) is 1.87. The molecule has 0 saturated heterocycles. The second-order valence-electron chi connectivity index (χ2n) is 4.29. The van der Waals surface area contributed by atoms with Gasteiger partial charge in [0.1, 0.15) is 11.6 Å². The van der Waals surface area contributed by atoms with Crippen molar-refractivity contribution in [2.75, 3.05) is 6.61 Å². The molecule has 1 aromatic carbocycles. The zero-order valence-corrected chi connectivity index (χ0v) is 11.4. The monoisotopic (exact) mass is 284 g/mol. The molecule has 0 aliphatic heterocycles. The molecule has 0 fully saturated rings. The van der Waals surface area contributed by atoms with Gasteiger partial charge in [-0.25, -0.2) is 4.39 Å². The maximum Gasteiger partial charge on any atom is 0.186 e. The van der Waals surface area contributed by atoms with Crippen molar-refractivity contribution in [2.24, 2.45) is 0 Å². The van der Waals surface area contributed by atoms with Crippen LogP contribution in [0.15, 0.2) is 42.6 Å². The summed E-state index contributed by atoms with van der Waals surface area (Å²) in [5, 5.41) is 9.19. The Hall–Kier alpha value is -2.74. The van der Waals surface area contributed by atoms with Gasteiger partial charge in [0, 0.05) is 5.56 Å². The number of rotatable bonds is 5. The second-order valence-corrected chi connectivity index (χ2v) is 4.29. The van der Waals surface area contributed by atoms with Crippen molar-refractivity contribution < 1.29 is 13.9 Å². The lowest BCUT2D eigenvalue weighted by Crippen LogP contribution is -2.12. The summed E-state index contributed by atoms with van der Waals surface area (Å²) in [6.45, 7) is 2.40. The number of halogens is 1. The smallest absolute Gasteiger partial charge is 0.186 e. The first-order valence-electron chi connectivity index (χ1n) is 6.44. The van der Waals surface area contributed by atoms with Gasteiger partial charge in [-0.3, -0.25) is 9.78 Å². The molecule has 0 spiro atoms. The zero-order chi connectivity index (χ0) is 15.2. The number of benzene rings is 1. The van der Waals surface area contributed by atoms with Gasteiger partial charge < -0.3 is 4.74 Å². The number of hydrogen-bond acceptors (Lipinski definition) is 4. The van der Waals surface area contributed by atoms with Crippen LogP contribution < -0.4 is 4.74 Å². The summed E-state index contributed by atoms with van der Waals surface area (Å²) in [7, 11) is 0. The Bertz CT molecular complexity index is 660. The van der Waals surface area contributed by atoms with E-state index in [4.69, 9.17) is 4.74 Å². The molecular weight excluding hydrogens is 271 g/mol. The molecule has 0 amide bonds. The van der Waals surface area contributed by atoms with Crippen molar-refractivity contribution in [3.63, 3.8) is 0 Å². The van der Waals surface area contributed by atoms with Gasteiger partial charge >= 0.3 is 0 Å². The number of nitrogens with zero attached hydrogens (tertiary/aromatic N) is 2. The number of carbonyl (C=O) groups is 1. The Labute approximate surface area is 121 Å². The molecule has 0 unspecified atom stereocenters. The summed E-state index contributed by atoms with van der Waals surface area (Å²) in [6.07, 6.45) is 0.991. The van der Waals surface area contributed by atoms with E-state index in [1.807, 2.05) is 13.0 Å². The van der Waals surface area contributed by atoms with Crippen LogP contribution in [0.25, 0.3) is 0 Å². The fraction of sp³-hybridized carbons (Fsp3) is 0.188. The minimum Gasteiger partial charge on any atom is -0.494 e. The number of ether oxygens (including phenoxy) is 1. The fourth-order valence-corrected chi connectivity index (χ4v) is 1.87. The first-order chi connectivity index (χ1) is 10.2. The summed E-state index contributed by atoms with van der Waals surface area (Å²) in [6, 6.07) is 11.0. The van der Waals surface area contributed by atoms with E-state index in [2.05, 4.69) is 4.98 Å². The molecule has 1 heterocycles. The third-order valence-corrected chi connectivity index (χ3v) is 2.89.